The second-order valence-corrected chi connectivity index (χ2v) is 3.94. The number of amides is 1. The summed E-state index contributed by atoms with van der Waals surface area (Å²) in [5, 5.41) is 10.8. The first-order chi connectivity index (χ1) is 9.65. The van der Waals surface area contributed by atoms with Gasteiger partial charge in [0.1, 0.15) is 5.82 Å². The van der Waals surface area contributed by atoms with Crippen LogP contribution in [0.1, 0.15) is 5.82 Å². The van der Waals surface area contributed by atoms with Crippen molar-refractivity contribution in [2.24, 2.45) is 10.2 Å². The van der Waals surface area contributed by atoms with Gasteiger partial charge < -0.3 is 5.32 Å². The van der Waals surface area contributed by atoms with Gasteiger partial charge in [-0.2, -0.15) is 0 Å². The monoisotopic (exact) mass is 268 g/mol. The number of carbonyl (C=O) groups excluding carboxylic acids is 1. The van der Waals surface area contributed by atoms with Crippen LogP contribution in [0.25, 0.3) is 15.7 Å². The van der Waals surface area contributed by atoms with Crippen molar-refractivity contribution in [2.75, 3.05) is 7.05 Å². The number of aryl methyl sites for hydroxylation is 1. The summed E-state index contributed by atoms with van der Waals surface area (Å²) < 4.78 is 0. The number of para-hydroxylation sites is 1. The Morgan fingerprint density at radius 1 is 1.40 bits per heavy atom. The number of carbonyl (C=O) groups is 1. The predicted octanol–water partition coefficient (Wildman–Crippen LogP) is 2.01. The Morgan fingerprint density at radius 2 is 2.15 bits per heavy atom. The Kier molecular flexibility index (Phi) is 3.96. The number of nitrogens with one attached hydrogen (secondary N) is 1. The standard InChI is InChI=1S/C13H12N6O/c1-8-16-10-7-5-4-6-9(10)11(17-8)18-19-12(14-2)13(20)15-3/h4-7,12H,1,3H3,(H,15,20). The van der Waals surface area contributed by atoms with Crippen LogP contribution in [0.4, 0.5) is 5.82 Å². The molecular formula is C13H12N6O. The quantitative estimate of drug-likeness (QED) is 0.682. The molecule has 1 amide bonds. The van der Waals surface area contributed by atoms with E-state index in [-0.39, 0.29) is 0 Å². The van der Waals surface area contributed by atoms with E-state index in [2.05, 4.69) is 30.4 Å². The molecule has 1 unspecified atom stereocenters. The van der Waals surface area contributed by atoms with E-state index in [9.17, 15) is 4.79 Å². The zero-order valence-corrected chi connectivity index (χ0v) is 11.0. The van der Waals surface area contributed by atoms with Crippen LogP contribution in [0.15, 0.2) is 34.5 Å². The van der Waals surface area contributed by atoms with Gasteiger partial charge in [0.05, 0.1) is 5.52 Å². The summed E-state index contributed by atoms with van der Waals surface area (Å²) in [4.78, 5) is 23.0. The second-order valence-electron chi connectivity index (χ2n) is 3.94. The minimum absolute atomic E-state index is 0.352. The molecule has 7 nitrogen and oxygen atoms in total. The van der Waals surface area contributed by atoms with Gasteiger partial charge in [0, 0.05) is 12.4 Å². The number of hydrogen-bond donors (Lipinski definition) is 1. The fraction of sp³-hybridized carbons (Fsp3) is 0.231. The molecule has 0 bridgehead atoms. The van der Waals surface area contributed by atoms with Crippen molar-refractivity contribution in [2.45, 2.75) is 13.1 Å². The van der Waals surface area contributed by atoms with Gasteiger partial charge in [0.15, 0.2) is 5.82 Å². The van der Waals surface area contributed by atoms with Crippen molar-refractivity contribution in [3.05, 3.63) is 41.5 Å². The molecule has 100 valence electrons. The Morgan fingerprint density at radius 3 is 2.85 bits per heavy atom. The molecule has 1 aromatic heterocycles. The number of rotatable bonds is 3. The van der Waals surface area contributed by atoms with Gasteiger partial charge in [0.2, 0.25) is 0 Å². The SMILES string of the molecule is [C-]#[N+]C(N=Nc1nc(C)nc2ccccc12)C(=O)NC. The fourth-order valence-corrected chi connectivity index (χ4v) is 1.62. The summed E-state index contributed by atoms with van der Waals surface area (Å²) in [6.07, 6.45) is -1.20. The number of aromatic nitrogens is 2. The van der Waals surface area contributed by atoms with Crippen LogP contribution in [0.2, 0.25) is 0 Å². The van der Waals surface area contributed by atoms with E-state index in [1.165, 1.54) is 7.05 Å². The third-order valence-corrected chi connectivity index (χ3v) is 2.56. The molecule has 0 fully saturated rings. The van der Waals surface area contributed by atoms with Crippen LogP contribution in [0.5, 0.6) is 0 Å². The van der Waals surface area contributed by atoms with Crippen molar-refractivity contribution in [1.82, 2.24) is 15.3 Å². The average molecular weight is 268 g/mol. The molecule has 1 aromatic carbocycles. The first-order valence-corrected chi connectivity index (χ1v) is 5.88. The first-order valence-electron chi connectivity index (χ1n) is 5.88. The summed E-state index contributed by atoms with van der Waals surface area (Å²) in [5.41, 5.74) is 0.744. The molecule has 0 aliphatic carbocycles. The molecule has 2 aromatic rings. The van der Waals surface area contributed by atoms with Crippen LogP contribution in [-0.4, -0.2) is 29.1 Å². The number of likely N-dealkylation sites (N-methyl/N-ethyl adjacent to an activating group) is 1. The lowest BCUT2D eigenvalue weighted by molar-refractivity contribution is -0.120. The third kappa shape index (κ3) is 2.75. The van der Waals surface area contributed by atoms with Gasteiger partial charge in [-0.15, -0.1) is 5.11 Å². The predicted molar refractivity (Wildman–Crippen MR) is 73.2 cm³/mol. The number of hydrogen-bond acceptors (Lipinski definition) is 5. The third-order valence-electron chi connectivity index (χ3n) is 2.56. The van der Waals surface area contributed by atoms with Crippen LogP contribution in [0, 0.1) is 13.5 Å². The lowest BCUT2D eigenvalue weighted by Crippen LogP contribution is -2.27. The minimum atomic E-state index is -1.20. The highest BCUT2D eigenvalue weighted by Crippen LogP contribution is 2.23. The van der Waals surface area contributed by atoms with Gasteiger partial charge in [-0.05, 0) is 19.1 Å². The molecule has 7 heteroatoms. The van der Waals surface area contributed by atoms with Crippen LogP contribution in [-0.2, 0) is 4.79 Å². The van der Waals surface area contributed by atoms with E-state index in [4.69, 9.17) is 6.57 Å². The maximum Gasteiger partial charge on any atom is 0.410 e. The summed E-state index contributed by atoms with van der Waals surface area (Å²) in [6.45, 7) is 8.69. The van der Waals surface area contributed by atoms with Crippen molar-refractivity contribution >= 4 is 22.6 Å². The topological polar surface area (TPSA) is 84.0 Å². The highest BCUT2D eigenvalue weighted by molar-refractivity contribution is 5.87. The molecule has 1 heterocycles. The van der Waals surface area contributed by atoms with E-state index in [1.807, 2.05) is 24.3 Å². The van der Waals surface area contributed by atoms with Crippen molar-refractivity contribution < 1.29 is 4.79 Å². The molecule has 2 rings (SSSR count). The number of nitrogens with zero attached hydrogens (tertiary/aromatic N) is 5. The molecule has 0 saturated heterocycles. The van der Waals surface area contributed by atoms with E-state index in [0.29, 0.717) is 11.6 Å². The minimum Gasteiger partial charge on any atom is -0.350 e. The highest BCUT2D eigenvalue weighted by atomic mass is 16.2. The number of azo groups is 1. The van der Waals surface area contributed by atoms with E-state index in [1.54, 1.807) is 6.92 Å². The summed E-state index contributed by atoms with van der Waals surface area (Å²) in [6, 6.07) is 7.36. The summed E-state index contributed by atoms with van der Waals surface area (Å²) in [7, 11) is 1.44. The molecule has 20 heavy (non-hydrogen) atoms. The molecule has 1 N–H and O–H groups in total. The van der Waals surface area contributed by atoms with Gasteiger partial charge in [-0.3, -0.25) is 9.64 Å². The zero-order valence-electron chi connectivity index (χ0n) is 11.0. The van der Waals surface area contributed by atoms with Crippen molar-refractivity contribution in [1.29, 1.82) is 0 Å². The van der Waals surface area contributed by atoms with Crippen LogP contribution in [0.3, 0.4) is 0 Å². The normalized spacial score (nSPS) is 12.2. The Hall–Kier alpha value is -2.88. The highest BCUT2D eigenvalue weighted by Gasteiger charge is 2.20. The lowest BCUT2D eigenvalue weighted by Gasteiger charge is -2.01. The molecule has 0 aliphatic heterocycles. The van der Waals surface area contributed by atoms with E-state index in [0.717, 1.165) is 10.9 Å². The zero-order chi connectivity index (χ0) is 14.5. The molecular weight excluding hydrogens is 256 g/mol. The largest absolute Gasteiger partial charge is 0.410 e. The Balaban J connectivity index is 2.43. The molecule has 0 aliphatic rings. The Bertz CT molecular complexity index is 718. The molecule has 0 radical (unpaired) electrons. The first kappa shape index (κ1) is 13.5. The second kappa shape index (κ2) is 5.84. The van der Waals surface area contributed by atoms with Crippen molar-refractivity contribution in [3.63, 3.8) is 0 Å². The average Bonchev–Trinajstić information content (AvgIpc) is 2.47. The van der Waals surface area contributed by atoms with Crippen molar-refractivity contribution in [3.8, 4) is 0 Å². The van der Waals surface area contributed by atoms with Crippen LogP contribution < -0.4 is 5.32 Å². The maximum absolute atomic E-state index is 11.4. The number of fused-ring (bicyclic) bond motifs is 1. The van der Waals surface area contributed by atoms with Crippen LogP contribution >= 0.6 is 0 Å². The summed E-state index contributed by atoms with van der Waals surface area (Å²) >= 11 is 0. The van der Waals surface area contributed by atoms with Gasteiger partial charge in [-0.25, -0.2) is 16.5 Å². The molecule has 0 spiro atoms. The van der Waals surface area contributed by atoms with E-state index >= 15 is 0 Å². The fourth-order valence-electron chi connectivity index (χ4n) is 1.62. The lowest BCUT2D eigenvalue weighted by atomic mass is 10.2. The maximum atomic E-state index is 11.4. The Labute approximate surface area is 115 Å². The summed E-state index contributed by atoms with van der Waals surface area (Å²) in [5.74, 6) is 0.404. The smallest absolute Gasteiger partial charge is 0.350 e. The van der Waals surface area contributed by atoms with E-state index < -0.39 is 12.1 Å². The van der Waals surface area contributed by atoms with Gasteiger partial charge >= 0.3 is 12.1 Å². The number of benzene rings is 1. The van der Waals surface area contributed by atoms with Gasteiger partial charge in [0.25, 0.3) is 0 Å². The van der Waals surface area contributed by atoms with Gasteiger partial charge in [-0.1, -0.05) is 17.2 Å². The molecule has 1 atom stereocenters. The molecule has 0 saturated carbocycles.